The lowest BCUT2D eigenvalue weighted by Crippen LogP contribution is -2.29. The van der Waals surface area contributed by atoms with Crippen molar-refractivity contribution in [1.29, 1.82) is 0 Å². The number of benzene rings is 2. The molecule has 1 amide bonds. The van der Waals surface area contributed by atoms with E-state index in [-0.39, 0.29) is 12.7 Å². The number of nitrogens with zero attached hydrogens (tertiary/aromatic N) is 1. The Bertz CT molecular complexity index is 867. The normalized spacial score (nSPS) is 12.2. The number of methoxy groups -OCH3 is 1. The van der Waals surface area contributed by atoms with Crippen LogP contribution in [0, 0.1) is 0 Å². The zero-order valence-corrected chi connectivity index (χ0v) is 13.5. The predicted octanol–water partition coefficient (Wildman–Crippen LogP) is 2.79. The van der Waals surface area contributed by atoms with Crippen molar-refractivity contribution in [2.24, 2.45) is 0 Å². The van der Waals surface area contributed by atoms with Gasteiger partial charge in [-0.25, -0.2) is 4.98 Å². The van der Waals surface area contributed by atoms with Gasteiger partial charge in [-0.3, -0.25) is 15.6 Å². The first kappa shape index (κ1) is 14.6. The van der Waals surface area contributed by atoms with Gasteiger partial charge in [-0.1, -0.05) is 11.3 Å². The number of carbonyl (C=O) groups is 1. The fourth-order valence-electron chi connectivity index (χ4n) is 2.30. The van der Waals surface area contributed by atoms with Crippen LogP contribution in [0.3, 0.4) is 0 Å². The van der Waals surface area contributed by atoms with Gasteiger partial charge in [0.05, 0.1) is 17.3 Å². The number of nitrogens with one attached hydrogen (secondary N) is 2. The van der Waals surface area contributed by atoms with Crippen molar-refractivity contribution in [1.82, 2.24) is 10.4 Å². The summed E-state index contributed by atoms with van der Waals surface area (Å²) in [4.78, 5) is 16.5. The smallest absolute Gasteiger partial charge is 0.269 e. The van der Waals surface area contributed by atoms with E-state index < -0.39 is 0 Å². The zero-order valence-electron chi connectivity index (χ0n) is 12.7. The van der Waals surface area contributed by atoms with Crippen LogP contribution in [0.4, 0.5) is 5.13 Å². The maximum absolute atomic E-state index is 12.1. The summed E-state index contributed by atoms with van der Waals surface area (Å²) in [7, 11) is 1.58. The molecule has 122 valence electrons. The van der Waals surface area contributed by atoms with Gasteiger partial charge in [0, 0.05) is 17.7 Å². The standard InChI is InChI=1S/C16H13N3O4S/c1-21-10-4-2-9(3-5-10)15(20)18-19-16-17-11-6-12-13(23-8-22-12)7-14(11)24-16/h2-7H,8H2,1H3,(H,17,19)(H,18,20). The molecule has 2 heterocycles. The van der Waals surface area contributed by atoms with Crippen LogP contribution in [0.15, 0.2) is 36.4 Å². The quantitative estimate of drug-likeness (QED) is 0.709. The molecule has 8 heteroatoms. The number of thiazole rings is 1. The van der Waals surface area contributed by atoms with E-state index in [4.69, 9.17) is 14.2 Å². The van der Waals surface area contributed by atoms with Gasteiger partial charge in [0.15, 0.2) is 11.5 Å². The summed E-state index contributed by atoms with van der Waals surface area (Å²) in [6, 6.07) is 10.5. The van der Waals surface area contributed by atoms with Crippen LogP contribution in [0.25, 0.3) is 10.2 Å². The molecule has 0 radical (unpaired) electrons. The third-order valence-corrected chi connectivity index (χ3v) is 4.45. The summed E-state index contributed by atoms with van der Waals surface area (Å²) >= 11 is 1.41. The fourth-order valence-corrected chi connectivity index (χ4v) is 3.13. The first-order valence-corrected chi connectivity index (χ1v) is 7.95. The minimum absolute atomic E-state index is 0.232. The number of rotatable bonds is 4. The van der Waals surface area contributed by atoms with E-state index in [1.54, 1.807) is 31.4 Å². The van der Waals surface area contributed by atoms with E-state index in [1.807, 2.05) is 12.1 Å². The second-order valence-corrected chi connectivity index (χ2v) is 6.03. The molecule has 0 saturated heterocycles. The molecule has 4 rings (SSSR count). The summed E-state index contributed by atoms with van der Waals surface area (Å²) in [5.74, 6) is 1.83. The number of anilines is 1. The summed E-state index contributed by atoms with van der Waals surface area (Å²) in [5, 5.41) is 0.579. The van der Waals surface area contributed by atoms with Crippen LogP contribution in [-0.4, -0.2) is 24.8 Å². The van der Waals surface area contributed by atoms with Crippen molar-refractivity contribution < 1.29 is 19.0 Å². The first-order valence-electron chi connectivity index (χ1n) is 7.13. The molecule has 0 fully saturated rings. The second-order valence-electron chi connectivity index (χ2n) is 5.00. The van der Waals surface area contributed by atoms with Crippen molar-refractivity contribution in [3.8, 4) is 17.2 Å². The fraction of sp³-hybridized carbons (Fsp3) is 0.125. The number of fused-ring (bicyclic) bond motifs is 2. The molecule has 24 heavy (non-hydrogen) atoms. The van der Waals surface area contributed by atoms with Gasteiger partial charge >= 0.3 is 0 Å². The Labute approximate surface area is 141 Å². The molecule has 0 bridgehead atoms. The molecular formula is C16H13N3O4S. The highest BCUT2D eigenvalue weighted by molar-refractivity contribution is 7.22. The largest absolute Gasteiger partial charge is 0.497 e. The Balaban J connectivity index is 1.47. The van der Waals surface area contributed by atoms with E-state index in [1.165, 1.54) is 11.3 Å². The average molecular weight is 343 g/mol. The van der Waals surface area contributed by atoms with E-state index >= 15 is 0 Å². The highest BCUT2D eigenvalue weighted by Crippen LogP contribution is 2.38. The summed E-state index contributed by atoms with van der Waals surface area (Å²) in [6.45, 7) is 0.232. The number of aromatic nitrogens is 1. The van der Waals surface area contributed by atoms with E-state index in [0.717, 1.165) is 10.2 Å². The molecule has 2 aromatic carbocycles. The highest BCUT2D eigenvalue weighted by Gasteiger charge is 2.16. The van der Waals surface area contributed by atoms with Crippen LogP contribution in [0.1, 0.15) is 10.4 Å². The van der Waals surface area contributed by atoms with Crippen LogP contribution >= 0.6 is 11.3 Å². The molecule has 0 aliphatic carbocycles. The maximum atomic E-state index is 12.1. The zero-order chi connectivity index (χ0) is 16.5. The maximum Gasteiger partial charge on any atom is 0.269 e. The summed E-state index contributed by atoms with van der Waals surface area (Å²) in [5.41, 5.74) is 6.76. The van der Waals surface area contributed by atoms with E-state index in [9.17, 15) is 4.79 Å². The predicted molar refractivity (Wildman–Crippen MR) is 89.8 cm³/mol. The van der Waals surface area contributed by atoms with Crippen LogP contribution < -0.4 is 25.1 Å². The van der Waals surface area contributed by atoms with Crippen LogP contribution in [-0.2, 0) is 0 Å². The second kappa shape index (κ2) is 5.89. The van der Waals surface area contributed by atoms with Gasteiger partial charge in [0.25, 0.3) is 5.91 Å². The molecule has 0 saturated carbocycles. The van der Waals surface area contributed by atoms with Crippen molar-refractivity contribution in [3.05, 3.63) is 42.0 Å². The molecule has 0 unspecified atom stereocenters. The van der Waals surface area contributed by atoms with Gasteiger partial charge in [0.2, 0.25) is 11.9 Å². The number of hydrogen-bond donors (Lipinski definition) is 2. The minimum Gasteiger partial charge on any atom is -0.497 e. The van der Waals surface area contributed by atoms with Crippen LogP contribution in [0.5, 0.6) is 17.2 Å². The van der Waals surface area contributed by atoms with Crippen molar-refractivity contribution >= 4 is 32.6 Å². The lowest BCUT2D eigenvalue weighted by molar-refractivity contribution is 0.0962. The molecule has 0 spiro atoms. The topological polar surface area (TPSA) is 81.7 Å². The number of hydrazine groups is 1. The third kappa shape index (κ3) is 2.67. The van der Waals surface area contributed by atoms with Gasteiger partial charge < -0.3 is 14.2 Å². The van der Waals surface area contributed by atoms with Crippen molar-refractivity contribution in [3.63, 3.8) is 0 Å². The lowest BCUT2D eigenvalue weighted by Gasteiger charge is -2.06. The molecule has 1 aliphatic rings. The van der Waals surface area contributed by atoms with Gasteiger partial charge in [-0.05, 0) is 24.3 Å². The van der Waals surface area contributed by atoms with E-state index in [0.29, 0.717) is 27.9 Å². The van der Waals surface area contributed by atoms with Gasteiger partial charge in [0.1, 0.15) is 5.75 Å². The lowest BCUT2D eigenvalue weighted by atomic mass is 10.2. The Morgan fingerprint density at radius 2 is 1.96 bits per heavy atom. The summed E-state index contributed by atoms with van der Waals surface area (Å²) < 4.78 is 16.7. The molecule has 7 nitrogen and oxygen atoms in total. The minimum atomic E-state index is -0.258. The molecular weight excluding hydrogens is 330 g/mol. The number of carbonyl (C=O) groups excluding carboxylic acids is 1. The molecule has 2 N–H and O–H groups in total. The number of ether oxygens (including phenoxy) is 3. The Kier molecular flexibility index (Phi) is 3.58. The van der Waals surface area contributed by atoms with E-state index in [2.05, 4.69) is 15.8 Å². The summed E-state index contributed by atoms with van der Waals surface area (Å²) in [6.07, 6.45) is 0. The average Bonchev–Trinajstić information content (AvgIpc) is 3.22. The Morgan fingerprint density at radius 3 is 2.71 bits per heavy atom. The molecule has 0 atom stereocenters. The first-order chi connectivity index (χ1) is 11.7. The third-order valence-electron chi connectivity index (χ3n) is 3.52. The number of hydrogen-bond acceptors (Lipinski definition) is 7. The SMILES string of the molecule is COc1ccc(C(=O)NNc2nc3cc4c(cc3s2)OCO4)cc1. The monoisotopic (exact) mass is 343 g/mol. The van der Waals surface area contributed by atoms with Gasteiger partial charge in [-0.2, -0.15) is 0 Å². The molecule has 1 aliphatic heterocycles. The number of amides is 1. The van der Waals surface area contributed by atoms with Gasteiger partial charge in [-0.15, -0.1) is 0 Å². The van der Waals surface area contributed by atoms with Crippen molar-refractivity contribution in [2.75, 3.05) is 19.3 Å². The Hall–Kier alpha value is -3.00. The Morgan fingerprint density at radius 1 is 1.21 bits per heavy atom. The van der Waals surface area contributed by atoms with Crippen molar-refractivity contribution in [2.45, 2.75) is 0 Å². The molecule has 3 aromatic rings. The highest BCUT2D eigenvalue weighted by atomic mass is 32.1. The van der Waals surface area contributed by atoms with Crippen LogP contribution in [0.2, 0.25) is 0 Å². The molecule has 1 aromatic heterocycles.